The maximum atomic E-state index is 13.0. The van der Waals surface area contributed by atoms with Crippen LogP contribution in [0.4, 0.5) is 10.1 Å². The van der Waals surface area contributed by atoms with Crippen molar-refractivity contribution >= 4 is 11.6 Å². The van der Waals surface area contributed by atoms with Crippen LogP contribution in [0.2, 0.25) is 0 Å². The number of halogens is 1. The van der Waals surface area contributed by atoms with E-state index < -0.39 is 0 Å². The first kappa shape index (κ1) is 15.7. The summed E-state index contributed by atoms with van der Waals surface area (Å²) in [5, 5.41) is 0. The van der Waals surface area contributed by atoms with Gasteiger partial charge in [-0.25, -0.2) is 4.39 Å². The van der Waals surface area contributed by atoms with Gasteiger partial charge in [-0.05, 0) is 49.2 Å². The number of nitrogens with zero attached hydrogens (tertiary/aromatic N) is 2. The first-order valence-corrected chi connectivity index (χ1v) is 7.91. The van der Waals surface area contributed by atoms with E-state index in [1.165, 1.54) is 12.1 Å². The summed E-state index contributed by atoms with van der Waals surface area (Å²) < 4.78 is 13.0. The van der Waals surface area contributed by atoms with Gasteiger partial charge in [0.1, 0.15) is 5.82 Å². The number of benzene rings is 2. The fourth-order valence-electron chi connectivity index (χ4n) is 3.01. The minimum absolute atomic E-state index is 0.115. The fraction of sp³-hybridized carbons (Fsp3) is 0.316. The van der Waals surface area contributed by atoms with Crippen LogP contribution >= 0.6 is 0 Å². The molecule has 4 heteroatoms. The molecular weight excluding hydrogens is 291 g/mol. The van der Waals surface area contributed by atoms with E-state index in [9.17, 15) is 9.18 Å². The number of aryl methyl sites for hydroxylation is 1. The van der Waals surface area contributed by atoms with Crippen molar-refractivity contribution in [2.24, 2.45) is 0 Å². The lowest BCUT2D eigenvalue weighted by Crippen LogP contribution is -2.55. The van der Waals surface area contributed by atoms with E-state index in [1.807, 2.05) is 43.0 Å². The number of carbonyl (C=O) groups is 1. The lowest BCUT2D eigenvalue weighted by molar-refractivity contribution is -0.125. The first-order valence-electron chi connectivity index (χ1n) is 7.91. The predicted octanol–water partition coefficient (Wildman–Crippen LogP) is 3.37. The Morgan fingerprint density at radius 2 is 1.87 bits per heavy atom. The quantitative estimate of drug-likeness (QED) is 0.867. The zero-order chi connectivity index (χ0) is 16.4. The average Bonchev–Trinajstić information content (AvgIpc) is 2.54. The summed E-state index contributed by atoms with van der Waals surface area (Å²) in [7, 11) is 0. The van der Waals surface area contributed by atoms with Crippen molar-refractivity contribution in [2.45, 2.75) is 26.4 Å². The zero-order valence-corrected chi connectivity index (χ0v) is 13.5. The van der Waals surface area contributed by atoms with Gasteiger partial charge in [0.15, 0.2) is 0 Å². The molecule has 1 atom stereocenters. The summed E-state index contributed by atoms with van der Waals surface area (Å²) in [5.41, 5.74) is 3.13. The van der Waals surface area contributed by atoms with E-state index in [1.54, 1.807) is 12.1 Å². The molecule has 3 nitrogen and oxygen atoms in total. The van der Waals surface area contributed by atoms with Crippen LogP contribution in [0, 0.1) is 12.7 Å². The van der Waals surface area contributed by atoms with Gasteiger partial charge >= 0.3 is 0 Å². The van der Waals surface area contributed by atoms with Gasteiger partial charge in [-0.1, -0.05) is 24.3 Å². The summed E-state index contributed by atoms with van der Waals surface area (Å²) in [6.07, 6.45) is 0. The minimum atomic E-state index is -0.234. The van der Waals surface area contributed by atoms with Gasteiger partial charge < -0.3 is 4.90 Å². The molecule has 3 rings (SSSR count). The SMILES string of the molecule is Cc1cccc(N2CCN(Cc3ccc(F)cc3)[C@H](C)C2=O)c1. The largest absolute Gasteiger partial charge is 0.310 e. The third-order valence-electron chi connectivity index (χ3n) is 4.39. The Morgan fingerprint density at radius 1 is 1.13 bits per heavy atom. The van der Waals surface area contributed by atoms with Crippen LogP contribution in [0.15, 0.2) is 48.5 Å². The van der Waals surface area contributed by atoms with E-state index in [2.05, 4.69) is 4.90 Å². The second-order valence-electron chi connectivity index (χ2n) is 6.10. The second-order valence-corrected chi connectivity index (χ2v) is 6.10. The molecule has 1 saturated heterocycles. The fourth-order valence-corrected chi connectivity index (χ4v) is 3.01. The number of anilines is 1. The van der Waals surface area contributed by atoms with Crippen molar-refractivity contribution < 1.29 is 9.18 Å². The molecule has 120 valence electrons. The molecule has 0 radical (unpaired) electrons. The lowest BCUT2D eigenvalue weighted by Gasteiger charge is -2.39. The standard InChI is InChI=1S/C19H21FN2O/c1-14-4-3-5-18(12-14)22-11-10-21(15(2)19(22)23)13-16-6-8-17(20)9-7-16/h3-9,12,15H,10-11,13H2,1-2H3/t15-/m1/s1. The van der Waals surface area contributed by atoms with Crippen LogP contribution in [0.1, 0.15) is 18.1 Å². The van der Waals surface area contributed by atoms with Crippen LogP contribution < -0.4 is 4.90 Å². The van der Waals surface area contributed by atoms with Gasteiger partial charge in [-0.3, -0.25) is 9.69 Å². The Hall–Kier alpha value is -2.20. The Bertz CT molecular complexity index is 699. The van der Waals surface area contributed by atoms with Crippen LogP contribution in [-0.4, -0.2) is 29.9 Å². The lowest BCUT2D eigenvalue weighted by atomic mass is 10.1. The zero-order valence-electron chi connectivity index (χ0n) is 13.5. The second kappa shape index (κ2) is 6.50. The summed E-state index contributed by atoms with van der Waals surface area (Å²) >= 11 is 0. The Labute approximate surface area is 136 Å². The third kappa shape index (κ3) is 3.42. The van der Waals surface area contributed by atoms with Crippen molar-refractivity contribution in [3.05, 3.63) is 65.5 Å². The van der Waals surface area contributed by atoms with Crippen LogP contribution in [0.3, 0.4) is 0 Å². The molecule has 2 aromatic carbocycles. The molecule has 0 aliphatic carbocycles. The van der Waals surface area contributed by atoms with Gasteiger partial charge in [0, 0.05) is 25.3 Å². The first-order chi connectivity index (χ1) is 11.0. The highest BCUT2D eigenvalue weighted by Gasteiger charge is 2.32. The molecule has 0 saturated carbocycles. The molecule has 0 bridgehead atoms. The smallest absolute Gasteiger partial charge is 0.244 e. The van der Waals surface area contributed by atoms with Crippen LogP contribution in [0.25, 0.3) is 0 Å². The van der Waals surface area contributed by atoms with Crippen molar-refractivity contribution in [3.63, 3.8) is 0 Å². The van der Waals surface area contributed by atoms with Gasteiger partial charge in [-0.15, -0.1) is 0 Å². The van der Waals surface area contributed by atoms with Gasteiger partial charge in [0.05, 0.1) is 6.04 Å². The Balaban J connectivity index is 1.72. The highest BCUT2D eigenvalue weighted by molar-refractivity contribution is 5.97. The van der Waals surface area contributed by atoms with Crippen molar-refractivity contribution in [2.75, 3.05) is 18.0 Å². The monoisotopic (exact) mass is 312 g/mol. The van der Waals surface area contributed by atoms with Crippen molar-refractivity contribution in [1.29, 1.82) is 0 Å². The van der Waals surface area contributed by atoms with Crippen molar-refractivity contribution in [1.82, 2.24) is 4.90 Å². The number of carbonyl (C=O) groups excluding carboxylic acids is 1. The number of piperazine rings is 1. The van der Waals surface area contributed by atoms with E-state index in [0.29, 0.717) is 13.1 Å². The van der Waals surface area contributed by atoms with Gasteiger partial charge in [0.2, 0.25) is 5.91 Å². The molecule has 1 fully saturated rings. The number of rotatable bonds is 3. The van der Waals surface area contributed by atoms with Crippen LogP contribution in [-0.2, 0) is 11.3 Å². The maximum Gasteiger partial charge on any atom is 0.244 e. The van der Waals surface area contributed by atoms with E-state index in [-0.39, 0.29) is 17.8 Å². The molecule has 1 amide bonds. The van der Waals surface area contributed by atoms with Crippen LogP contribution in [0.5, 0.6) is 0 Å². The molecule has 0 unspecified atom stereocenters. The van der Waals surface area contributed by atoms with E-state index in [0.717, 1.165) is 23.4 Å². The number of hydrogen-bond donors (Lipinski definition) is 0. The summed E-state index contributed by atoms with van der Waals surface area (Å²) in [6, 6.07) is 14.3. The minimum Gasteiger partial charge on any atom is -0.310 e. The molecule has 0 aromatic heterocycles. The highest BCUT2D eigenvalue weighted by Crippen LogP contribution is 2.22. The van der Waals surface area contributed by atoms with Crippen molar-refractivity contribution in [3.8, 4) is 0 Å². The molecule has 0 spiro atoms. The average molecular weight is 312 g/mol. The summed E-state index contributed by atoms with van der Waals surface area (Å²) in [5.74, 6) is -0.119. The molecule has 1 aliphatic heterocycles. The van der Waals surface area contributed by atoms with Gasteiger partial charge in [-0.2, -0.15) is 0 Å². The molecule has 23 heavy (non-hydrogen) atoms. The molecule has 0 N–H and O–H groups in total. The maximum absolute atomic E-state index is 13.0. The number of hydrogen-bond acceptors (Lipinski definition) is 2. The normalized spacial score (nSPS) is 19.2. The Kier molecular flexibility index (Phi) is 4.44. The molecule has 1 heterocycles. The third-order valence-corrected chi connectivity index (χ3v) is 4.39. The Morgan fingerprint density at radius 3 is 2.57 bits per heavy atom. The summed E-state index contributed by atoms with van der Waals surface area (Å²) in [6.45, 7) is 6.11. The number of amides is 1. The van der Waals surface area contributed by atoms with Gasteiger partial charge in [0.25, 0.3) is 0 Å². The summed E-state index contributed by atoms with van der Waals surface area (Å²) in [4.78, 5) is 16.7. The highest BCUT2D eigenvalue weighted by atomic mass is 19.1. The molecule has 2 aromatic rings. The molecular formula is C19H21FN2O. The van der Waals surface area contributed by atoms with E-state index >= 15 is 0 Å². The predicted molar refractivity (Wildman–Crippen MR) is 89.8 cm³/mol. The van der Waals surface area contributed by atoms with E-state index in [4.69, 9.17) is 0 Å². The molecule has 1 aliphatic rings. The topological polar surface area (TPSA) is 23.6 Å².